The summed E-state index contributed by atoms with van der Waals surface area (Å²) in [5, 5.41) is 0. The molecule has 43 valence electrons. The number of rotatable bonds is 0. The van der Waals surface area contributed by atoms with Gasteiger partial charge in [-0.05, 0) is 11.0 Å². The molecule has 0 amide bonds. The first-order chi connectivity index (χ1) is 0. The molecule has 0 saturated heterocycles. The second-order valence-corrected chi connectivity index (χ2v) is 0. The van der Waals surface area contributed by atoms with Crippen LogP contribution in [0.4, 0.5) is 0 Å². The summed E-state index contributed by atoms with van der Waals surface area (Å²) in [6.07, 6.45) is 0. The van der Waals surface area contributed by atoms with Crippen molar-refractivity contribution >= 4 is 34.0 Å². The molecule has 0 bridgehead atoms. The topological polar surface area (TPSA) is 0 Å². The van der Waals surface area contributed by atoms with Crippen molar-refractivity contribution in [3.05, 3.63) is 0 Å². The molecular weight excluding hydrogens is 274 g/mol. The van der Waals surface area contributed by atoms with Crippen LogP contribution >= 0.6 is 0 Å². The van der Waals surface area contributed by atoms with Gasteiger partial charge in [-0.25, -0.2) is 0 Å². The number of hydrogen-bond donors (Lipinski definition) is 0. The van der Waals surface area contributed by atoms with Crippen LogP contribution in [-0.2, 0) is 67.7 Å². The normalized spacial score (nSPS) is 0. The largest absolute Gasteiger partial charge is 2.00 e. The fourth-order valence-corrected chi connectivity index (χ4v) is 0. The molecule has 0 heterocycles. The molecule has 0 aromatic carbocycles. The predicted molar refractivity (Wildman–Crippen MR) is 17.9 cm³/mol. The molecule has 0 nitrogen and oxygen atoms in total. The van der Waals surface area contributed by atoms with Gasteiger partial charge in [0.2, 0.25) is 0 Å². The van der Waals surface area contributed by atoms with E-state index in [2.05, 4.69) is 0 Å². The Morgan fingerprint density at radius 1 is 0.833 bits per heavy atom. The van der Waals surface area contributed by atoms with Gasteiger partial charge in [0.25, 0.3) is 0 Å². The smallest absolute Gasteiger partial charge is 1.00 e. The molecule has 0 saturated carbocycles. The van der Waals surface area contributed by atoms with Crippen molar-refractivity contribution in [2.45, 2.75) is 0 Å². The first-order valence-electron chi connectivity index (χ1n) is 0. The molecule has 0 aliphatic rings. The van der Waals surface area contributed by atoms with Crippen LogP contribution in [-0.4, -0.2) is 34.0 Å². The van der Waals surface area contributed by atoms with Gasteiger partial charge in [-0.3, -0.25) is 0 Å². The second-order valence-electron chi connectivity index (χ2n) is 0. The van der Waals surface area contributed by atoms with Crippen molar-refractivity contribution in [1.29, 1.82) is 0 Å². The third-order valence-corrected chi connectivity index (χ3v) is 0. The van der Waals surface area contributed by atoms with Gasteiger partial charge < -0.3 is 2.85 Å². The maximum atomic E-state index is 0. The first-order valence-corrected chi connectivity index (χ1v) is 0. The average molecular weight is 279 g/mol. The van der Waals surface area contributed by atoms with Crippen molar-refractivity contribution in [2.75, 3.05) is 0 Å². The van der Waals surface area contributed by atoms with Crippen LogP contribution in [0.15, 0.2) is 0 Å². The van der Waals surface area contributed by atoms with E-state index >= 15 is 0 Å². The Balaban J connectivity index is 0. The minimum atomic E-state index is 0. The van der Waals surface area contributed by atoms with Gasteiger partial charge in [-0.1, -0.05) is 0 Å². The molecule has 0 rings (SSSR count). The van der Waals surface area contributed by atoms with E-state index in [4.69, 9.17) is 0 Å². The van der Waals surface area contributed by atoms with Gasteiger partial charge in [0, 0.05) is 67.7 Å². The molecule has 0 aliphatic carbocycles. The van der Waals surface area contributed by atoms with Crippen molar-refractivity contribution in [1.82, 2.24) is 0 Å². The van der Waals surface area contributed by atoms with E-state index in [0.29, 0.717) is 0 Å². The molecule has 1 radical (unpaired) electrons. The molecule has 0 atom stereocenters. The van der Waals surface area contributed by atoms with Crippen molar-refractivity contribution in [3.63, 3.8) is 0 Å². The van der Waals surface area contributed by atoms with Crippen molar-refractivity contribution in [3.8, 4) is 0 Å². The van der Waals surface area contributed by atoms with Gasteiger partial charge in [0.15, 0.2) is 0 Å². The first kappa shape index (κ1) is 63.3. The van der Waals surface area contributed by atoms with E-state index in [1.54, 1.807) is 0 Å². The van der Waals surface area contributed by atoms with E-state index in [-0.39, 0.29) is 105 Å². The molecular formula is H5Cr2MgNi2Si. The van der Waals surface area contributed by atoms with Crippen molar-refractivity contribution in [2.24, 2.45) is 0 Å². The Morgan fingerprint density at radius 2 is 0.833 bits per heavy atom. The summed E-state index contributed by atoms with van der Waals surface area (Å²) in [6, 6.07) is 0. The van der Waals surface area contributed by atoms with Crippen LogP contribution in [0.5, 0.6) is 0 Å². The van der Waals surface area contributed by atoms with Crippen LogP contribution in [0, 0.1) is 0 Å². The fraction of sp³-hybridized carbons (Fsp3) is 0. The Bertz CT molecular complexity index is 18.0. The monoisotopic (exact) mass is 277 g/mol. The van der Waals surface area contributed by atoms with Gasteiger partial charge >= 0.3 is 23.1 Å². The molecule has 0 spiro atoms. The number of hydrogen-bond acceptors (Lipinski definition) is 0. The summed E-state index contributed by atoms with van der Waals surface area (Å²) in [5.41, 5.74) is 0. The summed E-state index contributed by atoms with van der Waals surface area (Å²) in [4.78, 5) is 0. The third kappa shape index (κ3) is 27.8. The molecule has 0 aliphatic heterocycles. The minimum Gasteiger partial charge on any atom is -1.00 e. The maximum Gasteiger partial charge on any atom is 2.00 e. The third-order valence-electron chi connectivity index (χ3n) is 0. The Hall–Kier alpha value is 3.04. The van der Waals surface area contributed by atoms with E-state index in [9.17, 15) is 0 Å². The zero-order valence-corrected chi connectivity index (χ0v) is 11.1. The quantitative estimate of drug-likeness (QED) is 0.481. The van der Waals surface area contributed by atoms with E-state index < -0.39 is 0 Å². The Morgan fingerprint density at radius 3 is 0.833 bits per heavy atom. The van der Waals surface area contributed by atoms with E-state index in [1.165, 1.54) is 0 Å². The van der Waals surface area contributed by atoms with Crippen molar-refractivity contribution < 1.29 is 70.6 Å². The molecule has 0 fully saturated rings. The van der Waals surface area contributed by atoms with Crippen LogP contribution in [0.2, 0.25) is 0 Å². The van der Waals surface area contributed by atoms with Gasteiger partial charge in [0.05, 0.1) is 0 Å². The van der Waals surface area contributed by atoms with Gasteiger partial charge in [-0.2, -0.15) is 0 Å². The Labute approximate surface area is 103 Å². The molecule has 6 heteroatoms. The minimum absolute atomic E-state index is 0. The summed E-state index contributed by atoms with van der Waals surface area (Å²) in [5.74, 6) is 0. The molecule has 0 unspecified atom stereocenters. The summed E-state index contributed by atoms with van der Waals surface area (Å²) >= 11 is 0. The average Bonchev–Trinajstić information content (AvgIpc) is 0. The van der Waals surface area contributed by atoms with Crippen LogP contribution in [0.25, 0.3) is 0 Å². The molecule has 0 aromatic heterocycles. The van der Waals surface area contributed by atoms with Crippen LogP contribution in [0.3, 0.4) is 0 Å². The summed E-state index contributed by atoms with van der Waals surface area (Å²) < 4.78 is 0. The molecule has 0 N–H and O–H groups in total. The van der Waals surface area contributed by atoms with Crippen LogP contribution < -0.4 is 0 Å². The van der Waals surface area contributed by atoms with Crippen LogP contribution in [0.1, 0.15) is 2.85 Å². The summed E-state index contributed by atoms with van der Waals surface area (Å²) in [6.45, 7) is 0. The molecule has 6 heavy (non-hydrogen) atoms. The van der Waals surface area contributed by atoms with E-state index in [1.807, 2.05) is 0 Å². The SMILES string of the molecule is [Cr].[Cr].[H-].[H-].[Mg+2].[Ni].[Ni].[SiH3]. The zero-order chi connectivity index (χ0) is 0. The second kappa shape index (κ2) is 43.2. The standard InChI is InChI=1S/2Cr.Mg.2Ni.H3Si.2H/h;;;;;1H3;;/q;;+2;;;;2*-1. The zero-order valence-electron chi connectivity index (χ0n) is 5.16. The van der Waals surface area contributed by atoms with E-state index in [0.717, 1.165) is 0 Å². The molecule has 0 aromatic rings. The Kier molecular flexibility index (Phi) is 456. The fourth-order valence-electron chi connectivity index (χ4n) is 0. The van der Waals surface area contributed by atoms with Gasteiger partial charge in [-0.15, -0.1) is 0 Å². The predicted octanol–water partition coefficient (Wildman–Crippen LogP) is -1.35. The summed E-state index contributed by atoms with van der Waals surface area (Å²) in [7, 11) is 0. The van der Waals surface area contributed by atoms with Gasteiger partial charge in [0.1, 0.15) is 0 Å². The maximum absolute atomic E-state index is 0.